The van der Waals surface area contributed by atoms with Crippen molar-refractivity contribution in [2.45, 2.75) is 26.4 Å². The number of ether oxygens (including phenoxy) is 2. The van der Waals surface area contributed by atoms with Gasteiger partial charge in [-0.25, -0.2) is 5.43 Å². The molecular formula is C23H24ClN3O3. The summed E-state index contributed by atoms with van der Waals surface area (Å²) in [5.41, 5.74) is 4.68. The highest BCUT2D eigenvalue weighted by Gasteiger charge is 2.14. The van der Waals surface area contributed by atoms with Crippen LogP contribution in [0.15, 0.2) is 66.0 Å². The van der Waals surface area contributed by atoms with Crippen LogP contribution in [0.1, 0.15) is 36.2 Å². The average Bonchev–Trinajstić information content (AvgIpc) is 3.30. The van der Waals surface area contributed by atoms with E-state index in [-0.39, 0.29) is 12.0 Å². The molecule has 0 saturated carbocycles. The third kappa shape index (κ3) is 5.21. The first-order chi connectivity index (χ1) is 14.5. The zero-order valence-electron chi connectivity index (χ0n) is 17.1. The minimum atomic E-state index is -0.305. The first-order valence-electron chi connectivity index (χ1n) is 9.62. The Morgan fingerprint density at radius 1 is 1.23 bits per heavy atom. The smallest absolute Gasteiger partial charge is 0.271 e. The standard InChI is InChI=1S/C23H24ClN3O3/c1-4-16(2)30-22-20(24)13-17(14-21(22)29-3)15-25-26-23(28)18-7-9-19(10-8-18)27-11-5-6-12-27/h5-16H,4H2,1-3H3,(H,26,28)/b25-15+/t16-/m1/s1. The zero-order valence-corrected chi connectivity index (χ0v) is 17.9. The van der Waals surface area contributed by atoms with Crippen LogP contribution in [-0.4, -0.2) is 29.9 Å². The van der Waals surface area contributed by atoms with Crippen molar-refractivity contribution in [3.8, 4) is 17.2 Å². The van der Waals surface area contributed by atoms with Crippen molar-refractivity contribution in [1.29, 1.82) is 0 Å². The van der Waals surface area contributed by atoms with Gasteiger partial charge in [-0.05, 0) is 67.4 Å². The number of nitrogens with zero attached hydrogens (tertiary/aromatic N) is 2. The summed E-state index contributed by atoms with van der Waals surface area (Å²) in [6, 6.07) is 14.6. The summed E-state index contributed by atoms with van der Waals surface area (Å²) < 4.78 is 13.2. The summed E-state index contributed by atoms with van der Waals surface area (Å²) in [6.45, 7) is 3.99. The minimum Gasteiger partial charge on any atom is -0.493 e. The summed E-state index contributed by atoms with van der Waals surface area (Å²) in [4.78, 5) is 12.3. The number of rotatable bonds is 8. The van der Waals surface area contributed by atoms with Gasteiger partial charge in [-0.1, -0.05) is 18.5 Å². The monoisotopic (exact) mass is 425 g/mol. The van der Waals surface area contributed by atoms with Gasteiger partial charge in [-0.2, -0.15) is 5.10 Å². The second-order valence-corrected chi connectivity index (χ2v) is 7.11. The van der Waals surface area contributed by atoms with Crippen LogP contribution in [0, 0.1) is 0 Å². The molecule has 30 heavy (non-hydrogen) atoms. The molecule has 3 aromatic rings. The van der Waals surface area contributed by atoms with Gasteiger partial charge < -0.3 is 14.0 Å². The molecule has 1 atom stereocenters. The molecule has 156 valence electrons. The number of hydrazone groups is 1. The molecule has 7 heteroatoms. The number of carbonyl (C=O) groups excluding carboxylic acids is 1. The molecule has 0 radical (unpaired) electrons. The lowest BCUT2D eigenvalue weighted by Gasteiger charge is -2.17. The number of hydrogen-bond acceptors (Lipinski definition) is 4. The Kier molecular flexibility index (Phi) is 7.14. The third-order valence-electron chi connectivity index (χ3n) is 4.56. The molecule has 1 aromatic heterocycles. The van der Waals surface area contributed by atoms with Crippen molar-refractivity contribution in [2.24, 2.45) is 5.10 Å². The molecular weight excluding hydrogens is 402 g/mol. The SMILES string of the molecule is CC[C@@H](C)Oc1c(Cl)cc(/C=N/NC(=O)c2ccc(-n3cccc3)cc2)cc1OC. The topological polar surface area (TPSA) is 64.8 Å². The number of benzene rings is 2. The highest BCUT2D eigenvalue weighted by molar-refractivity contribution is 6.32. The van der Waals surface area contributed by atoms with Gasteiger partial charge in [0, 0.05) is 23.6 Å². The summed E-state index contributed by atoms with van der Waals surface area (Å²) >= 11 is 6.35. The number of amides is 1. The largest absolute Gasteiger partial charge is 0.493 e. The maximum atomic E-state index is 12.3. The summed E-state index contributed by atoms with van der Waals surface area (Å²) in [5, 5.41) is 4.45. The zero-order chi connectivity index (χ0) is 21.5. The quantitative estimate of drug-likeness (QED) is 0.404. The van der Waals surface area contributed by atoms with Crippen LogP contribution < -0.4 is 14.9 Å². The van der Waals surface area contributed by atoms with E-state index in [1.54, 1.807) is 31.4 Å². The van der Waals surface area contributed by atoms with E-state index in [1.165, 1.54) is 6.21 Å². The minimum absolute atomic E-state index is 0.0131. The second-order valence-electron chi connectivity index (χ2n) is 6.71. The van der Waals surface area contributed by atoms with E-state index in [9.17, 15) is 4.79 Å². The maximum absolute atomic E-state index is 12.3. The molecule has 0 spiro atoms. The van der Waals surface area contributed by atoms with Crippen LogP contribution in [0.25, 0.3) is 5.69 Å². The third-order valence-corrected chi connectivity index (χ3v) is 4.84. The van der Waals surface area contributed by atoms with Crippen molar-refractivity contribution in [2.75, 3.05) is 7.11 Å². The first kappa shape index (κ1) is 21.5. The predicted octanol–water partition coefficient (Wildman–Crippen LogP) is 5.08. The number of hydrogen-bond donors (Lipinski definition) is 1. The molecule has 2 aromatic carbocycles. The van der Waals surface area contributed by atoms with E-state index < -0.39 is 0 Å². The molecule has 0 fully saturated rings. The van der Waals surface area contributed by atoms with Gasteiger partial charge in [-0.3, -0.25) is 4.79 Å². The van der Waals surface area contributed by atoms with Crippen LogP contribution in [0.2, 0.25) is 5.02 Å². The number of nitrogens with one attached hydrogen (secondary N) is 1. The van der Waals surface area contributed by atoms with E-state index in [0.29, 0.717) is 27.6 Å². The molecule has 0 aliphatic heterocycles. The van der Waals surface area contributed by atoms with Gasteiger partial charge >= 0.3 is 0 Å². The van der Waals surface area contributed by atoms with Gasteiger partial charge in [0.15, 0.2) is 11.5 Å². The highest BCUT2D eigenvalue weighted by Crippen LogP contribution is 2.37. The van der Waals surface area contributed by atoms with Gasteiger partial charge in [0.25, 0.3) is 5.91 Å². The Bertz CT molecular complexity index is 1010. The van der Waals surface area contributed by atoms with Gasteiger partial charge in [-0.15, -0.1) is 0 Å². The fraction of sp³-hybridized carbons (Fsp3) is 0.217. The van der Waals surface area contributed by atoms with Gasteiger partial charge in [0.2, 0.25) is 0 Å². The van der Waals surface area contributed by atoms with E-state index in [2.05, 4.69) is 10.5 Å². The van der Waals surface area contributed by atoms with Crippen molar-refractivity contribution in [3.05, 3.63) is 77.1 Å². The lowest BCUT2D eigenvalue weighted by Crippen LogP contribution is -2.17. The summed E-state index contributed by atoms with van der Waals surface area (Å²) in [5.74, 6) is 0.703. The normalized spacial score (nSPS) is 12.0. The Hall–Kier alpha value is -3.25. The predicted molar refractivity (Wildman–Crippen MR) is 119 cm³/mol. The molecule has 0 unspecified atom stereocenters. The molecule has 0 bridgehead atoms. The lowest BCUT2D eigenvalue weighted by atomic mass is 10.2. The van der Waals surface area contributed by atoms with E-state index >= 15 is 0 Å². The number of carbonyl (C=O) groups is 1. The van der Waals surface area contributed by atoms with Crippen molar-refractivity contribution in [1.82, 2.24) is 9.99 Å². The van der Waals surface area contributed by atoms with E-state index in [4.69, 9.17) is 21.1 Å². The Morgan fingerprint density at radius 3 is 2.57 bits per heavy atom. The second kappa shape index (κ2) is 9.98. The average molecular weight is 426 g/mol. The first-order valence-corrected chi connectivity index (χ1v) is 10.0. The van der Waals surface area contributed by atoms with Crippen molar-refractivity contribution in [3.63, 3.8) is 0 Å². The molecule has 0 aliphatic rings. The molecule has 1 amide bonds. The Morgan fingerprint density at radius 2 is 1.93 bits per heavy atom. The fourth-order valence-corrected chi connectivity index (χ4v) is 3.00. The van der Waals surface area contributed by atoms with Crippen molar-refractivity contribution >= 4 is 23.7 Å². The summed E-state index contributed by atoms with van der Waals surface area (Å²) in [6.07, 6.45) is 6.25. The number of aromatic nitrogens is 1. The summed E-state index contributed by atoms with van der Waals surface area (Å²) in [7, 11) is 1.55. The number of halogens is 1. The van der Waals surface area contributed by atoms with Crippen LogP contribution in [0.4, 0.5) is 0 Å². The van der Waals surface area contributed by atoms with Crippen LogP contribution in [0.5, 0.6) is 11.5 Å². The molecule has 0 saturated heterocycles. The molecule has 3 rings (SSSR count). The Labute approximate surface area is 181 Å². The number of methoxy groups -OCH3 is 1. The van der Waals surface area contributed by atoms with Gasteiger partial charge in [0.1, 0.15) is 0 Å². The van der Waals surface area contributed by atoms with Gasteiger partial charge in [0.05, 0.1) is 24.5 Å². The van der Waals surface area contributed by atoms with E-state index in [0.717, 1.165) is 12.1 Å². The van der Waals surface area contributed by atoms with E-state index in [1.807, 2.05) is 55.1 Å². The van der Waals surface area contributed by atoms with Crippen LogP contribution in [-0.2, 0) is 0 Å². The van der Waals surface area contributed by atoms with Crippen LogP contribution in [0.3, 0.4) is 0 Å². The molecule has 6 nitrogen and oxygen atoms in total. The highest BCUT2D eigenvalue weighted by atomic mass is 35.5. The molecule has 1 heterocycles. The van der Waals surface area contributed by atoms with Crippen LogP contribution >= 0.6 is 11.6 Å². The lowest BCUT2D eigenvalue weighted by molar-refractivity contribution is 0.0955. The molecule has 0 aliphatic carbocycles. The fourth-order valence-electron chi connectivity index (χ4n) is 2.73. The molecule has 1 N–H and O–H groups in total. The maximum Gasteiger partial charge on any atom is 0.271 e. The Balaban J connectivity index is 1.67. The van der Waals surface area contributed by atoms with Crippen molar-refractivity contribution < 1.29 is 14.3 Å².